The van der Waals surface area contributed by atoms with E-state index in [0.29, 0.717) is 16.9 Å². The van der Waals surface area contributed by atoms with Crippen LogP contribution < -0.4 is 4.74 Å². The maximum atomic E-state index is 12.5. The van der Waals surface area contributed by atoms with Crippen LogP contribution in [0.1, 0.15) is 30.7 Å². The second kappa shape index (κ2) is 9.96. The van der Waals surface area contributed by atoms with Gasteiger partial charge in [0, 0.05) is 42.4 Å². The number of piperazine rings is 1. The van der Waals surface area contributed by atoms with E-state index >= 15 is 0 Å². The van der Waals surface area contributed by atoms with Gasteiger partial charge in [-0.25, -0.2) is 4.98 Å². The van der Waals surface area contributed by atoms with E-state index in [2.05, 4.69) is 10.3 Å². The molecule has 4 rings (SSSR count). The maximum absolute atomic E-state index is 12.5. The zero-order valence-corrected chi connectivity index (χ0v) is 18.6. The molecule has 0 unspecified atom stereocenters. The molecule has 0 bridgehead atoms. The number of carbonyl (C=O) groups excluding carboxylic acids is 1. The number of rotatable bonds is 7. The van der Waals surface area contributed by atoms with Gasteiger partial charge in [-0.3, -0.25) is 9.69 Å². The molecule has 2 fully saturated rings. The lowest BCUT2D eigenvalue weighted by atomic mass is 10.2. The first-order chi connectivity index (χ1) is 14.2. The number of thiazole rings is 1. The Morgan fingerprint density at radius 2 is 1.90 bits per heavy atom. The summed E-state index contributed by atoms with van der Waals surface area (Å²) in [6.07, 6.45) is 5.25. The summed E-state index contributed by atoms with van der Waals surface area (Å²) in [6.45, 7) is 4.38. The number of hydrogen-bond acceptors (Lipinski definition) is 6. The van der Waals surface area contributed by atoms with Gasteiger partial charge in [0.2, 0.25) is 5.91 Å². The molecule has 7 heteroatoms. The van der Waals surface area contributed by atoms with Crippen molar-refractivity contribution in [1.29, 1.82) is 0 Å². The van der Waals surface area contributed by atoms with Crippen molar-refractivity contribution in [3.8, 4) is 17.0 Å². The van der Waals surface area contributed by atoms with Crippen LogP contribution in [0.15, 0.2) is 29.6 Å². The van der Waals surface area contributed by atoms with Gasteiger partial charge in [-0.05, 0) is 37.1 Å². The van der Waals surface area contributed by atoms with E-state index in [9.17, 15) is 4.79 Å². The molecule has 1 aromatic carbocycles. The predicted molar refractivity (Wildman–Crippen MR) is 121 cm³/mol. The average Bonchev–Trinajstić information content (AvgIpc) is 3.45. The summed E-state index contributed by atoms with van der Waals surface area (Å²) in [6, 6.07) is 8.03. The lowest BCUT2D eigenvalue weighted by Crippen LogP contribution is -2.48. The molecule has 2 aliphatic rings. The molecule has 5 nitrogen and oxygen atoms in total. The van der Waals surface area contributed by atoms with E-state index in [0.717, 1.165) is 54.7 Å². The first-order valence-corrected chi connectivity index (χ1v) is 12.3. The molecule has 0 radical (unpaired) electrons. The molecule has 1 aromatic heterocycles. The SMILES string of the molecule is COc1ccc(-c2csc(CN3CCN(C(=O)CSC4CCCC4)CC3)n2)cc1. The number of methoxy groups -OCH3 is 1. The Balaban J connectivity index is 1.23. The predicted octanol–water partition coefficient (Wildman–Crippen LogP) is 4.14. The number of aromatic nitrogens is 1. The third-order valence-corrected chi connectivity index (χ3v) is 7.96. The van der Waals surface area contributed by atoms with E-state index in [1.807, 2.05) is 40.9 Å². The van der Waals surface area contributed by atoms with E-state index in [1.54, 1.807) is 18.4 Å². The molecule has 0 atom stereocenters. The van der Waals surface area contributed by atoms with Crippen LogP contribution >= 0.6 is 23.1 Å². The van der Waals surface area contributed by atoms with Crippen molar-refractivity contribution in [1.82, 2.24) is 14.8 Å². The van der Waals surface area contributed by atoms with Gasteiger partial charge in [0.05, 0.1) is 25.1 Å². The van der Waals surface area contributed by atoms with Crippen molar-refractivity contribution in [2.75, 3.05) is 39.0 Å². The van der Waals surface area contributed by atoms with E-state index in [4.69, 9.17) is 9.72 Å². The second-order valence-corrected chi connectivity index (χ2v) is 9.96. The normalized spacial score (nSPS) is 18.3. The Kier molecular flexibility index (Phi) is 7.11. The van der Waals surface area contributed by atoms with Crippen LogP contribution in [0.3, 0.4) is 0 Å². The van der Waals surface area contributed by atoms with Gasteiger partial charge in [0.1, 0.15) is 10.8 Å². The Hall–Kier alpha value is -1.57. The standard InChI is InChI=1S/C22H29N3O2S2/c1-27-18-8-6-17(7-9-18)20-15-29-21(23-20)14-24-10-12-25(13-11-24)22(26)16-28-19-4-2-3-5-19/h6-9,15,19H,2-5,10-14,16H2,1H3. The largest absolute Gasteiger partial charge is 0.497 e. The van der Waals surface area contributed by atoms with Crippen molar-refractivity contribution in [2.45, 2.75) is 37.5 Å². The maximum Gasteiger partial charge on any atom is 0.232 e. The number of carbonyl (C=O) groups is 1. The van der Waals surface area contributed by atoms with Crippen LogP contribution in [-0.4, -0.2) is 65.0 Å². The highest BCUT2D eigenvalue weighted by atomic mass is 32.2. The van der Waals surface area contributed by atoms with Crippen molar-refractivity contribution >= 4 is 29.0 Å². The molecule has 2 aromatic rings. The van der Waals surface area contributed by atoms with Gasteiger partial charge in [-0.15, -0.1) is 23.1 Å². The van der Waals surface area contributed by atoms with Crippen molar-refractivity contribution in [3.63, 3.8) is 0 Å². The summed E-state index contributed by atoms with van der Waals surface area (Å²) in [5.41, 5.74) is 2.13. The minimum atomic E-state index is 0.317. The fourth-order valence-corrected chi connectivity index (χ4v) is 6.03. The number of benzene rings is 1. The molecule has 0 N–H and O–H groups in total. The number of hydrogen-bond donors (Lipinski definition) is 0. The van der Waals surface area contributed by atoms with Crippen LogP contribution in [0.5, 0.6) is 5.75 Å². The minimum absolute atomic E-state index is 0.317. The molecule has 2 heterocycles. The highest BCUT2D eigenvalue weighted by molar-refractivity contribution is 8.00. The molecule has 1 saturated heterocycles. The lowest BCUT2D eigenvalue weighted by Gasteiger charge is -2.34. The molecule has 29 heavy (non-hydrogen) atoms. The van der Waals surface area contributed by atoms with Crippen LogP contribution in [-0.2, 0) is 11.3 Å². The Labute approximate surface area is 181 Å². The minimum Gasteiger partial charge on any atom is -0.497 e. The van der Waals surface area contributed by atoms with E-state index in [1.165, 1.54) is 25.7 Å². The molecule has 1 aliphatic carbocycles. The van der Waals surface area contributed by atoms with Gasteiger partial charge >= 0.3 is 0 Å². The zero-order valence-electron chi connectivity index (χ0n) is 17.0. The average molecular weight is 432 g/mol. The topological polar surface area (TPSA) is 45.7 Å². The van der Waals surface area contributed by atoms with Crippen LogP contribution in [0.25, 0.3) is 11.3 Å². The second-order valence-electron chi connectivity index (χ2n) is 7.73. The van der Waals surface area contributed by atoms with Gasteiger partial charge < -0.3 is 9.64 Å². The zero-order chi connectivity index (χ0) is 20.1. The molecule has 156 valence electrons. The third-order valence-electron chi connectivity index (χ3n) is 5.77. The van der Waals surface area contributed by atoms with E-state index < -0.39 is 0 Å². The van der Waals surface area contributed by atoms with Gasteiger partial charge in [-0.2, -0.15) is 0 Å². The van der Waals surface area contributed by atoms with Gasteiger partial charge in [0.15, 0.2) is 0 Å². The van der Waals surface area contributed by atoms with Crippen molar-refractivity contribution in [2.24, 2.45) is 0 Å². The quantitative estimate of drug-likeness (QED) is 0.659. The molecular weight excluding hydrogens is 402 g/mol. The molecule has 1 amide bonds. The Bertz CT molecular complexity index is 795. The molecular formula is C22H29N3O2S2. The van der Waals surface area contributed by atoms with Gasteiger partial charge in [0.25, 0.3) is 0 Å². The van der Waals surface area contributed by atoms with Crippen LogP contribution in [0, 0.1) is 0 Å². The van der Waals surface area contributed by atoms with Crippen LogP contribution in [0.2, 0.25) is 0 Å². The summed E-state index contributed by atoms with van der Waals surface area (Å²) >= 11 is 3.58. The van der Waals surface area contributed by atoms with Crippen molar-refractivity contribution in [3.05, 3.63) is 34.7 Å². The molecule has 1 aliphatic heterocycles. The summed E-state index contributed by atoms with van der Waals surface area (Å²) in [7, 11) is 1.68. The number of nitrogens with zero attached hydrogens (tertiary/aromatic N) is 3. The highest BCUT2D eigenvalue weighted by Crippen LogP contribution is 2.29. The fourth-order valence-electron chi connectivity index (χ4n) is 3.96. The monoisotopic (exact) mass is 431 g/mol. The Morgan fingerprint density at radius 3 is 2.59 bits per heavy atom. The van der Waals surface area contributed by atoms with Crippen molar-refractivity contribution < 1.29 is 9.53 Å². The van der Waals surface area contributed by atoms with Gasteiger partial charge in [-0.1, -0.05) is 12.8 Å². The number of ether oxygens (including phenoxy) is 1. The smallest absolute Gasteiger partial charge is 0.232 e. The summed E-state index contributed by atoms with van der Waals surface area (Å²) in [4.78, 5) is 21.8. The molecule has 1 saturated carbocycles. The third kappa shape index (κ3) is 5.53. The fraction of sp³-hybridized carbons (Fsp3) is 0.545. The number of amides is 1. The lowest BCUT2D eigenvalue weighted by molar-refractivity contribution is -0.130. The summed E-state index contributed by atoms with van der Waals surface area (Å²) < 4.78 is 5.22. The summed E-state index contributed by atoms with van der Waals surface area (Å²) in [5.74, 6) is 1.83. The first kappa shape index (κ1) is 20.7. The van der Waals surface area contributed by atoms with Crippen LogP contribution in [0.4, 0.5) is 0 Å². The van der Waals surface area contributed by atoms with E-state index in [-0.39, 0.29) is 0 Å². The Morgan fingerprint density at radius 1 is 1.17 bits per heavy atom. The first-order valence-electron chi connectivity index (χ1n) is 10.4. The summed E-state index contributed by atoms with van der Waals surface area (Å²) in [5, 5.41) is 3.97. The number of thioether (sulfide) groups is 1. The molecule has 0 spiro atoms. The highest BCUT2D eigenvalue weighted by Gasteiger charge is 2.23.